The Kier molecular flexibility index (Phi) is 5.01. The molecule has 2 bridgehead atoms. The molecule has 0 heterocycles. The zero-order valence-electron chi connectivity index (χ0n) is 14.1. The van der Waals surface area contributed by atoms with E-state index in [9.17, 15) is 14.4 Å². The third kappa shape index (κ3) is 3.21. The van der Waals surface area contributed by atoms with Gasteiger partial charge in [-0.25, -0.2) is 9.59 Å². The quantitative estimate of drug-likeness (QED) is 0.702. The van der Waals surface area contributed by atoms with Crippen LogP contribution in [0.15, 0.2) is 0 Å². The third-order valence-corrected chi connectivity index (χ3v) is 6.33. The van der Waals surface area contributed by atoms with Gasteiger partial charge in [-0.15, -0.1) is 0 Å². The van der Waals surface area contributed by atoms with Crippen molar-refractivity contribution >= 4 is 18.3 Å². The highest BCUT2D eigenvalue weighted by atomic mass is 16.6. The first-order valence-corrected chi connectivity index (χ1v) is 8.27. The molecule has 0 spiro atoms. The summed E-state index contributed by atoms with van der Waals surface area (Å²) in [5, 5.41) is 11.6. The normalized spacial score (nSPS) is 32.3. The van der Waals surface area contributed by atoms with Crippen LogP contribution in [0.2, 0.25) is 0 Å². The molecule has 129 valence electrons. The van der Waals surface area contributed by atoms with E-state index in [1.54, 1.807) is 6.29 Å². The molecule has 1 amide bonds. The number of fused-ring (bicyclic) bond motifs is 2. The molecule has 4 unspecified atom stereocenters. The second-order valence-corrected chi connectivity index (χ2v) is 7.58. The number of aliphatic carboxylic acids is 1. The molecule has 2 saturated carbocycles. The maximum atomic E-state index is 12.1. The zero-order chi connectivity index (χ0) is 17.3. The Labute approximate surface area is 137 Å². The standard InChI is InChI=1S/C17H26NO5/c1-16(2)11-7-8-17(16,3)13(10-11)23-15(22)18-12(14(20)21)6-4-5-9-19/h11-13H,4-8,10H2,1-3H3,(H,18,22)(H,20,21). The topological polar surface area (TPSA) is 92.7 Å². The number of hydrogen-bond donors (Lipinski definition) is 2. The van der Waals surface area contributed by atoms with Gasteiger partial charge < -0.3 is 15.2 Å². The summed E-state index contributed by atoms with van der Waals surface area (Å²) in [7, 11) is 0. The maximum absolute atomic E-state index is 12.1. The van der Waals surface area contributed by atoms with Crippen molar-refractivity contribution in [3.63, 3.8) is 0 Å². The second kappa shape index (κ2) is 6.49. The maximum Gasteiger partial charge on any atom is 0.408 e. The van der Waals surface area contributed by atoms with Crippen LogP contribution in [0.3, 0.4) is 0 Å². The SMILES string of the molecule is CC1(C)C2CCC1(C)C(OC(=O)NC(CCC[C]=O)C(=O)O)C2. The number of alkyl carbamates (subject to hydrolysis) is 1. The summed E-state index contributed by atoms with van der Waals surface area (Å²) >= 11 is 0. The molecule has 2 fully saturated rings. The van der Waals surface area contributed by atoms with Crippen LogP contribution < -0.4 is 5.32 Å². The Hall–Kier alpha value is -1.59. The summed E-state index contributed by atoms with van der Waals surface area (Å²) in [6.07, 6.45) is 4.62. The fourth-order valence-electron chi connectivity index (χ4n) is 4.25. The number of amides is 1. The number of nitrogens with one attached hydrogen (secondary N) is 1. The summed E-state index contributed by atoms with van der Waals surface area (Å²) in [4.78, 5) is 33.5. The van der Waals surface area contributed by atoms with E-state index in [-0.39, 0.29) is 29.8 Å². The predicted molar refractivity (Wildman–Crippen MR) is 83.6 cm³/mol. The van der Waals surface area contributed by atoms with Crippen molar-refractivity contribution in [2.45, 2.75) is 71.4 Å². The van der Waals surface area contributed by atoms with Gasteiger partial charge in [0.25, 0.3) is 0 Å². The van der Waals surface area contributed by atoms with Gasteiger partial charge >= 0.3 is 12.1 Å². The third-order valence-electron chi connectivity index (χ3n) is 6.33. The first kappa shape index (κ1) is 17.8. The minimum absolute atomic E-state index is 0.0554. The summed E-state index contributed by atoms with van der Waals surface area (Å²) < 4.78 is 5.58. The van der Waals surface area contributed by atoms with Crippen molar-refractivity contribution in [2.24, 2.45) is 16.7 Å². The van der Waals surface area contributed by atoms with Crippen molar-refractivity contribution in [1.29, 1.82) is 0 Å². The highest BCUT2D eigenvalue weighted by Crippen LogP contribution is 2.66. The Morgan fingerprint density at radius 3 is 2.57 bits per heavy atom. The molecule has 6 nitrogen and oxygen atoms in total. The molecular formula is C17H26NO5. The summed E-state index contributed by atoms with van der Waals surface area (Å²) in [5.74, 6) is -0.573. The number of hydrogen-bond acceptors (Lipinski definition) is 4. The van der Waals surface area contributed by atoms with E-state index in [2.05, 4.69) is 26.1 Å². The number of carbonyl (C=O) groups excluding carboxylic acids is 2. The second-order valence-electron chi connectivity index (χ2n) is 7.58. The highest BCUT2D eigenvalue weighted by Gasteiger charge is 2.62. The van der Waals surface area contributed by atoms with E-state index in [4.69, 9.17) is 9.84 Å². The lowest BCUT2D eigenvalue weighted by Crippen LogP contribution is -2.45. The number of ether oxygens (including phenoxy) is 1. The van der Waals surface area contributed by atoms with Crippen molar-refractivity contribution in [2.75, 3.05) is 0 Å². The van der Waals surface area contributed by atoms with Gasteiger partial charge in [0, 0.05) is 11.8 Å². The van der Waals surface area contributed by atoms with Crippen molar-refractivity contribution in [3.8, 4) is 0 Å². The molecule has 4 atom stereocenters. The van der Waals surface area contributed by atoms with Gasteiger partial charge in [0.1, 0.15) is 12.1 Å². The Morgan fingerprint density at radius 2 is 2.09 bits per heavy atom. The number of carboxylic acids is 1. The molecule has 0 saturated heterocycles. The molecule has 0 aliphatic heterocycles. The average Bonchev–Trinajstić information content (AvgIpc) is 2.79. The molecule has 2 aliphatic rings. The minimum atomic E-state index is -1.12. The van der Waals surface area contributed by atoms with Crippen LogP contribution in [0.4, 0.5) is 4.79 Å². The molecule has 2 N–H and O–H groups in total. The molecule has 23 heavy (non-hydrogen) atoms. The van der Waals surface area contributed by atoms with Crippen molar-refractivity contribution in [1.82, 2.24) is 5.32 Å². The number of rotatable bonds is 7. The highest BCUT2D eigenvalue weighted by molar-refractivity contribution is 5.80. The van der Waals surface area contributed by atoms with E-state index in [0.717, 1.165) is 19.3 Å². The number of carbonyl (C=O) groups is 2. The van der Waals surface area contributed by atoms with Crippen LogP contribution in [0.1, 0.15) is 59.3 Å². The van der Waals surface area contributed by atoms with E-state index in [1.165, 1.54) is 0 Å². The van der Waals surface area contributed by atoms with Gasteiger partial charge in [0.15, 0.2) is 6.29 Å². The van der Waals surface area contributed by atoms with Crippen molar-refractivity contribution in [3.05, 3.63) is 0 Å². The van der Waals surface area contributed by atoms with Gasteiger partial charge in [-0.2, -0.15) is 0 Å². The van der Waals surface area contributed by atoms with Crippen LogP contribution >= 0.6 is 0 Å². The molecule has 2 aliphatic carbocycles. The van der Waals surface area contributed by atoms with E-state index < -0.39 is 18.1 Å². The smallest absolute Gasteiger partial charge is 0.408 e. The lowest BCUT2D eigenvalue weighted by Gasteiger charge is -2.38. The molecule has 6 heteroatoms. The van der Waals surface area contributed by atoms with Crippen LogP contribution in [0, 0.1) is 16.7 Å². The molecule has 0 aromatic rings. The average molecular weight is 324 g/mol. The number of carboxylic acid groups (broad SMARTS) is 1. The molecule has 1 radical (unpaired) electrons. The Morgan fingerprint density at radius 1 is 1.39 bits per heavy atom. The van der Waals surface area contributed by atoms with Gasteiger partial charge in [0.2, 0.25) is 0 Å². The van der Waals surface area contributed by atoms with Crippen LogP contribution in [0.5, 0.6) is 0 Å². The fourth-order valence-corrected chi connectivity index (χ4v) is 4.25. The summed E-state index contributed by atoms with van der Waals surface area (Å²) in [5.41, 5.74) is 0.0736. The summed E-state index contributed by atoms with van der Waals surface area (Å²) in [6, 6.07) is -1.03. The molecule has 0 aromatic carbocycles. The van der Waals surface area contributed by atoms with Crippen LogP contribution in [-0.2, 0) is 14.3 Å². The first-order valence-electron chi connectivity index (χ1n) is 8.27. The molecular weight excluding hydrogens is 298 g/mol. The van der Waals surface area contributed by atoms with Crippen molar-refractivity contribution < 1.29 is 24.2 Å². The minimum Gasteiger partial charge on any atom is -0.480 e. The van der Waals surface area contributed by atoms with Gasteiger partial charge in [-0.1, -0.05) is 20.8 Å². The Bertz CT molecular complexity index is 489. The van der Waals surface area contributed by atoms with Crippen LogP contribution in [-0.4, -0.2) is 35.6 Å². The zero-order valence-corrected chi connectivity index (χ0v) is 14.1. The molecule has 2 rings (SSSR count). The van der Waals surface area contributed by atoms with Crippen LogP contribution in [0.25, 0.3) is 0 Å². The van der Waals surface area contributed by atoms with Gasteiger partial charge in [-0.05, 0) is 43.4 Å². The Balaban J connectivity index is 1.92. The monoisotopic (exact) mass is 324 g/mol. The van der Waals surface area contributed by atoms with E-state index >= 15 is 0 Å². The van der Waals surface area contributed by atoms with Gasteiger partial charge in [-0.3, -0.25) is 4.79 Å². The predicted octanol–water partition coefficient (Wildman–Crippen LogP) is 2.66. The van der Waals surface area contributed by atoms with E-state index in [1.807, 2.05) is 0 Å². The lowest BCUT2D eigenvalue weighted by molar-refractivity contribution is -0.139. The molecule has 0 aromatic heterocycles. The largest absolute Gasteiger partial charge is 0.480 e. The lowest BCUT2D eigenvalue weighted by atomic mass is 9.70. The fraction of sp³-hybridized carbons (Fsp3) is 0.824. The van der Waals surface area contributed by atoms with E-state index in [0.29, 0.717) is 12.3 Å². The summed E-state index contributed by atoms with van der Waals surface area (Å²) in [6.45, 7) is 6.61. The first-order chi connectivity index (χ1) is 10.7. The number of unbranched alkanes of at least 4 members (excludes halogenated alkanes) is 1. The van der Waals surface area contributed by atoms with Gasteiger partial charge in [0.05, 0.1) is 0 Å².